The lowest BCUT2D eigenvalue weighted by molar-refractivity contribution is 0.101. The molecule has 3 N–H and O–H groups in total. The fraction of sp³-hybridized carbons (Fsp3) is 0.308. The summed E-state index contributed by atoms with van der Waals surface area (Å²) >= 11 is 0. The second-order valence-electron chi connectivity index (χ2n) is 4.47. The van der Waals surface area contributed by atoms with Crippen molar-refractivity contribution >= 4 is 17.3 Å². The number of pyridine rings is 1. The van der Waals surface area contributed by atoms with Crippen molar-refractivity contribution in [3.8, 4) is 0 Å². The molecule has 20 heavy (non-hydrogen) atoms. The number of hydrogen-bond acceptors (Lipinski definition) is 4. The van der Waals surface area contributed by atoms with Gasteiger partial charge in [0, 0.05) is 25.9 Å². The van der Waals surface area contributed by atoms with Gasteiger partial charge in [0.15, 0.2) is 0 Å². The Bertz CT molecular complexity index is 714. The first-order valence-corrected chi connectivity index (χ1v) is 6.25. The molecule has 2 aromatic heterocycles. The number of rotatable bonds is 3. The minimum absolute atomic E-state index is 0.110. The Morgan fingerprint density at radius 2 is 2.15 bits per heavy atom. The summed E-state index contributed by atoms with van der Waals surface area (Å²) in [6, 6.07) is 2.97. The van der Waals surface area contributed by atoms with E-state index in [1.807, 2.05) is 6.92 Å². The number of aryl methyl sites for hydroxylation is 3. The quantitative estimate of drug-likeness (QED) is 0.864. The van der Waals surface area contributed by atoms with E-state index < -0.39 is 0 Å². The van der Waals surface area contributed by atoms with Crippen LogP contribution >= 0.6 is 0 Å². The van der Waals surface area contributed by atoms with Crippen molar-refractivity contribution in [3.63, 3.8) is 0 Å². The molecule has 0 atom stereocenters. The number of carbonyl (C=O) groups excluding carboxylic acids is 1. The van der Waals surface area contributed by atoms with Gasteiger partial charge in [-0.05, 0) is 19.9 Å². The predicted molar refractivity (Wildman–Crippen MR) is 76.7 cm³/mol. The summed E-state index contributed by atoms with van der Waals surface area (Å²) in [5.74, 6) is -0.355. The smallest absolute Gasteiger partial charge is 0.276 e. The summed E-state index contributed by atoms with van der Waals surface area (Å²) in [5, 5.41) is 6.81. The average Bonchev–Trinajstić information content (AvgIpc) is 2.65. The van der Waals surface area contributed by atoms with E-state index in [9.17, 15) is 9.59 Å². The fourth-order valence-corrected chi connectivity index (χ4v) is 1.99. The fourth-order valence-electron chi connectivity index (χ4n) is 1.99. The zero-order valence-electron chi connectivity index (χ0n) is 11.7. The largest absolute Gasteiger partial charge is 0.395 e. The number of amides is 1. The number of carbonyl (C=O) groups is 1. The van der Waals surface area contributed by atoms with Crippen molar-refractivity contribution in [3.05, 3.63) is 40.1 Å². The van der Waals surface area contributed by atoms with Crippen LogP contribution in [0.5, 0.6) is 0 Å². The van der Waals surface area contributed by atoms with Gasteiger partial charge in [-0.2, -0.15) is 5.10 Å². The Balaban J connectivity index is 2.30. The van der Waals surface area contributed by atoms with Gasteiger partial charge in [0.25, 0.3) is 11.5 Å². The molecule has 0 unspecified atom stereocenters. The van der Waals surface area contributed by atoms with Crippen LogP contribution < -0.4 is 16.6 Å². The maximum Gasteiger partial charge on any atom is 0.276 e. The van der Waals surface area contributed by atoms with E-state index in [2.05, 4.69) is 10.4 Å². The number of nitrogens with one attached hydrogen (secondary N) is 1. The molecule has 7 nitrogen and oxygen atoms in total. The summed E-state index contributed by atoms with van der Waals surface area (Å²) in [4.78, 5) is 23.7. The number of nitrogens with zero attached hydrogens (tertiary/aromatic N) is 3. The first kappa shape index (κ1) is 13.9. The van der Waals surface area contributed by atoms with E-state index >= 15 is 0 Å². The molecule has 0 aromatic carbocycles. The Kier molecular flexibility index (Phi) is 3.60. The molecule has 2 rings (SSSR count). The molecule has 0 aliphatic carbocycles. The highest BCUT2D eigenvalue weighted by Gasteiger charge is 2.18. The van der Waals surface area contributed by atoms with E-state index in [1.165, 1.54) is 15.3 Å². The van der Waals surface area contributed by atoms with Crippen molar-refractivity contribution in [1.29, 1.82) is 0 Å². The zero-order valence-corrected chi connectivity index (χ0v) is 11.7. The van der Waals surface area contributed by atoms with Crippen molar-refractivity contribution < 1.29 is 4.79 Å². The summed E-state index contributed by atoms with van der Waals surface area (Å²) < 4.78 is 2.95. The normalized spacial score (nSPS) is 10.6. The Morgan fingerprint density at radius 1 is 1.45 bits per heavy atom. The molecule has 1 amide bonds. The number of nitrogens with two attached hydrogens (primary N) is 1. The third-order valence-electron chi connectivity index (χ3n) is 3.07. The molecule has 0 spiro atoms. The molecule has 2 aromatic rings. The van der Waals surface area contributed by atoms with Crippen molar-refractivity contribution in [1.82, 2.24) is 14.3 Å². The van der Waals surface area contributed by atoms with Gasteiger partial charge in [-0.15, -0.1) is 0 Å². The van der Waals surface area contributed by atoms with Crippen LogP contribution in [-0.2, 0) is 13.6 Å². The minimum atomic E-state index is -0.355. The van der Waals surface area contributed by atoms with Crippen LogP contribution in [0.15, 0.2) is 23.1 Å². The van der Waals surface area contributed by atoms with E-state index in [1.54, 1.807) is 26.2 Å². The molecule has 0 bridgehead atoms. The summed E-state index contributed by atoms with van der Waals surface area (Å²) in [6.07, 6.45) is 1.60. The van der Waals surface area contributed by atoms with E-state index in [0.29, 0.717) is 29.3 Å². The molecule has 2 heterocycles. The van der Waals surface area contributed by atoms with Gasteiger partial charge in [-0.1, -0.05) is 0 Å². The van der Waals surface area contributed by atoms with Gasteiger partial charge in [0.1, 0.15) is 5.69 Å². The summed E-state index contributed by atoms with van der Waals surface area (Å²) in [6.45, 7) is 4.13. The maximum atomic E-state index is 12.2. The van der Waals surface area contributed by atoms with E-state index in [4.69, 9.17) is 5.73 Å². The van der Waals surface area contributed by atoms with Crippen LogP contribution in [0.25, 0.3) is 0 Å². The number of hydrogen-bond donors (Lipinski definition) is 2. The lowest BCUT2D eigenvalue weighted by Gasteiger charge is -2.08. The van der Waals surface area contributed by atoms with Gasteiger partial charge in [-0.3, -0.25) is 14.3 Å². The topological polar surface area (TPSA) is 94.9 Å². The Labute approximate surface area is 116 Å². The lowest BCUT2D eigenvalue weighted by atomic mass is 10.3. The van der Waals surface area contributed by atoms with Crippen LogP contribution in [0, 0.1) is 6.92 Å². The zero-order chi connectivity index (χ0) is 14.9. The minimum Gasteiger partial charge on any atom is -0.395 e. The van der Waals surface area contributed by atoms with Crippen LogP contribution in [0.1, 0.15) is 23.1 Å². The van der Waals surface area contributed by atoms with E-state index in [0.717, 1.165) is 0 Å². The second kappa shape index (κ2) is 5.20. The Morgan fingerprint density at radius 3 is 2.70 bits per heavy atom. The molecular formula is C13H17N5O2. The van der Waals surface area contributed by atoms with Crippen LogP contribution in [0.3, 0.4) is 0 Å². The molecule has 7 heteroatoms. The van der Waals surface area contributed by atoms with Gasteiger partial charge in [-0.25, -0.2) is 0 Å². The average molecular weight is 275 g/mol. The van der Waals surface area contributed by atoms with Crippen molar-refractivity contribution in [2.24, 2.45) is 7.05 Å². The number of nitrogen functional groups attached to an aromatic ring is 1. The van der Waals surface area contributed by atoms with Gasteiger partial charge < -0.3 is 15.6 Å². The standard InChI is InChI=1S/C13H17N5O2/c1-4-18-7-9(5-6-10(18)19)15-13(20)12-11(14)8(2)16-17(12)3/h5-7H,4,14H2,1-3H3,(H,15,20). The van der Waals surface area contributed by atoms with Gasteiger partial charge in [0.2, 0.25) is 0 Å². The second-order valence-corrected chi connectivity index (χ2v) is 4.47. The van der Waals surface area contributed by atoms with Crippen molar-refractivity contribution in [2.45, 2.75) is 20.4 Å². The third kappa shape index (κ3) is 2.42. The maximum absolute atomic E-state index is 12.2. The Hall–Kier alpha value is -2.57. The van der Waals surface area contributed by atoms with Crippen LogP contribution in [0.4, 0.5) is 11.4 Å². The molecule has 0 saturated carbocycles. The van der Waals surface area contributed by atoms with Crippen LogP contribution in [0.2, 0.25) is 0 Å². The third-order valence-corrected chi connectivity index (χ3v) is 3.07. The van der Waals surface area contributed by atoms with Gasteiger partial charge >= 0.3 is 0 Å². The lowest BCUT2D eigenvalue weighted by Crippen LogP contribution is -2.21. The van der Waals surface area contributed by atoms with Gasteiger partial charge in [0.05, 0.1) is 17.1 Å². The number of aromatic nitrogens is 3. The monoisotopic (exact) mass is 275 g/mol. The molecular weight excluding hydrogens is 258 g/mol. The molecule has 106 valence electrons. The predicted octanol–water partition coefficient (Wildman–Crippen LogP) is 0.745. The number of anilines is 2. The molecule has 0 aliphatic heterocycles. The SMILES string of the molecule is CCn1cc(NC(=O)c2c(N)c(C)nn2C)ccc1=O. The molecule has 0 radical (unpaired) electrons. The summed E-state index contributed by atoms with van der Waals surface area (Å²) in [7, 11) is 1.66. The summed E-state index contributed by atoms with van der Waals surface area (Å²) in [5.41, 5.74) is 7.53. The van der Waals surface area contributed by atoms with E-state index in [-0.39, 0.29) is 11.5 Å². The highest BCUT2D eigenvalue weighted by molar-refractivity contribution is 6.06. The first-order valence-electron chi connectivity index (χ1n) is 6.25. The highest BCUT2D eigenvalue weighted by atomic mass is 16.2. The highest BCUT2D eigenvalue weighted by Crippen LogP contribution is 2.16. The molecule has 0 fully saturated rings. The van der Waals surface area contributed by atoms with Crippen molar-refractivity contribution in [2.75, 3.05) is 11.1 Å². The molecule has 0 aliphatic rings. The molecule has 0 saturated heterocycles. The van der Waals surface area contributed by atoms with Crippen LogP contribution in [-0.4, -0.2) is 20.3 Å². The first-order chi connectivity index (χ1) is 9.43.